The van der Waals surface area contributed by atoms with Crippen molar-refractivity contribution in [1.29, 1.82) is 0 Å². The molecule has 0 saturated carbocycles. The summed E-state index contributed by atoms with van der Waals surface area (Å²) in [5.41, 5.74) is 0.615. The van der Waals surface area contributed by atoms with Crippen LogP contribution in [0.2, 0.25) is 0 Å². The van der Waals surface area contributed by atoms with Crippen LogP contribution in [0, 0.1) is 5.82 Å². The summed E-state index contributed by atoms with van der Waals surface area (Å²) < 4.78 is 15.4. The first-order chi connectivity index (χ1) is 9.08. The Hall–Kier alpha value is -2.44. The Morgan fingerprint density at radius 2 is 2.37 bits per heavy atom. The van der Waals surface area contributed by atoms with E-state index in [9.17, 15) is 9.18 Å². The highest BCUT2D eigenvalue weighted by atomic mass is 19.1. The maximum atomic E-state index is 13.7. The predicted molar refractivity (Wildman–Crippen MR) is 66.6 cm³/mol. The number of pyridine rings is 1. The number of halogens is 1. The van der Waals surface area contributed by atoms with E-state index in [1.807, 2.05) is 13.2 Å². The molecule has 2 aromatic rings. The zero-order valence-electron chi connectivity index (χ0n) is 10.3. The normalized spacial score (nSPS) is 10.4. The average Bonchev–Trinajstić information content (AvgIpc) is 2.77. The fourth-order valence-electron chi connectivity index (χ4n) is 1.66. The Labute approximate surface area is 108 Å². The van der Waals surface area contributed by atoms with Gasteiger partial charge in [0.25, 0.3) is 0 Å². The molecule has 2 N–H and O–H groups in total. The number of nitrogens with one attached hydrogen (secondary N) is 1. The molecule has 0 atom stereocenters. The standard InChI is InChI=1S/C12H13FN4O2/c1-17-7-8(6-16-17)2-4-14-11-10(13)9(12(18)19)3-5-15-11/h3,5-7H,2,4H2,1H3,(H,14,15)(H,18,19). The van der Waals surface area contributed by atoms with Crippen LogP contribution in [-0.4, -0.2) is 32.4 Å². The second kappa shape index (κ2) is 5.47. The van der Waals surface area contributed by atoms with Crippen LogP contribution in [0.1, 0.15) is 15.9 Å². The monoisotopic (exact) mass is 264 g/mol. The number of hydrogen-bond acceptors (Lipinski definition) is 4. The predicted octanol–water partition coefficient (Wildman–Crippen LogP) is 1.31. The second-order valence-corrected chi connectivity index (χ2v) is 4.03. The Morgan fingerprint density at radius 3 is 3.00 bits per heavy atom. The molecule has 100 valence electrons. The Kier molecular flexibility index (Phi) is 3.74. The minimum absolute atomic E-state index is 0.0520. The highest BCUT2D eigenvalue weighted by Crippen LogP contribution is 2.14. The lowest BCUT2D eigenvalue weighted by atomic mass is 10.2. The maximum absolute atomic E-state index is 13.7. The van der Waals surface area contributed by atoms with Gasteiger partial charge in [0.15, 0.2) is 11.6 Å². The lowest BCUT2D eigenvalue weighted by molar-refractivity contribution is 0.0692. The van der Waals surface area contributed by atoms with Crippen molar-refractivity contribution < 1.29 is 14.3 Å². The smallest absolute Gasteiger partial charge is 0.338 e. The van der Waals surface area contributed by atoms with Crippen LogP contribution in [0.25, 0.3) is 0 Å². The van der Waals surface area contributed by atoms with Crippen molar-refractivity contribution in [1.82, 2.24) is 14.8 Å². The Balaban J connectivity index is 2.00. The minimum atomic E-state index is -1.31. The van der Waals surface area contributed by atoms with Crippen molar-refractivity contribution in [2.45, 2.75) is 6.42 Å². The summed E-state index contributed by atoms with van der Waals surface area (Å²) in [6.07, 6.45) is 5.49. The molecular formula is C12H13FN4O2. The number of carboxylic acids is 1. The lowest BCUT2D eigenvalue weighted by Crippen LogP contribution is -2.10. The Morgan fingerprint density at radius 1 is 1.58 bits per heavy atom. The van der Waals surface area contributed by atoms with E-state index in [2.05, 4.69) is 15.4 Å². The van der Waals surface area contributed by atoms with Gasteiger partial charge in [0.2, 0.25) is 0 Å². The number of carboxylic acid groups (broad SMARTS) is 1. The van der Waals surface area contributed by atoms with Gasteiger partial charge in [-0.2, -0.15) is 5.10 Å². The molecule has 0 aliphatic carbocycles. The van der Waals surface area contributed by atoms with Gasteiger partial charge in [-0.25, -0.2) is 14.2 Å². The van der Waals surface area contributed by atoms with Gasteiger partial charge in [0.05, 0.1) is 6.20 Å². The average molecular weight is 264 g/mol. The van der Waals surface area contributed by atoms with Gasteiger partial charge in [-0.05, 0) is 18.1 Å². The molecule has 0 amide bonds. The van der Waals surface area contributed by atoms with Crippen molar-refractivity contribution in [3.05, 3.63) is 41.6 Å². The molecule has 0 saturated heterocycles. The summed E-state index contributed by atoms with van der Waals surface area (Å²) in [5.74, 6) is -2.21. The first-order valence-electron chi connectivity index (χ1n) is 5.67. The van der Waals surface area contributed by atoms with Gasteiger partial charge >= 0.3 is 5.97 Å². The molecule has 0 fully saturated rings. The zero-order chi connectivity index (χ0) is 13.8. The second-order valence-electron chi connectivity index (χ2n) is 4.03. The van der Waals surface area contributed by atoms with Crippen LogP contribution in [0.4, 0.5) is 10.2 Å². The third-order valence-electron chi connectivity index (χ3n) is 2.58. The van der Waals surface area contributed by atoms with Gasteiger partial charge in [-0.1, -0.05) is 0 Å². The van der Waals surface area contributed by atoms with Crippen LogP contribution in [0.3, 0.4) is 0 Å². The van der Waals surface area contributed by atoms with E-state index in [-0.39, 0.29) is 11.4 Å². The SMILES string of the molecule is Cn1cc(CCNc2nccc(C(=O)O)c2F)cn1. The van der Waals surface area contributed by atoms with Crippen LogP contribution < -0.4 is 5.32 Å². The van der Waals surface area contributed by atoms with E-state index in [0.717, 1.165) is 11.6 Å². The van der Waals surface area contributed by atoms with E-state index in [0.29, 0.717) is 13.0 Å². The van der Waals surface area contributed by atoms with Crippen molar-refractivity contribution in [3.63, 3.8) is 0 Å². The van der Waals surface area contributed by atoms with Crippen LogP contribution in [0.15, 0.2) is 24.7 Å². The first-order valence-corrected chi connectivity index (χ1v) is 5.67. The van der Waals surface area contributed by atoms with Crippen LogP contribution >= 0.6 is 0 Å². The molecule has 0 unspecified atom stereocenters. The number of anilines is 1. The molecule has 0 bridgehead atoms. The minimum Gasteiger partial charge on any atom is -0.478 e. The summed E-state index contributed by atoms with van der Waals surface area (Å²) in [5, 5.41) is 15.6. The van der Waals surface area contributed by atoms with Crippen molar-refractivity contribution in [2.24, 2.45) is 7.05 Å². The van der Waals surface area contributed by atoms with E-state index < -0.39 is 11.8 Å². The Bertz CT molecular complexity index is 597. The quantitative estimate of drug-likeness (QED) is 0.851. The fraction of sp³-hybridized carbons (Fsp3) is 0.250. The summed E-state index contributed by atoms with van der Waals surface area (Å²) in [6.45, 7) is 0.443. The lowest BCUT2D eigenvalue weighted by Gasteiger charge is -2.07. The summed E-state index contributed by atoms with van der Waals surface area (Å²) in [6, 6.07) is 1.13. The molecule has 0 aromatic carbocycles. The van der Waals surface area contributed by atoms with Crippen LogP contribution in [-0.2, 0) is 13.5 Å². The number of aromatic carboxylic acids is 1. The van der Waals surface area contributed by atoms with Crippen molar-refractivity contribution >= 4 is 11.8 Å². The first kappa shape index (κ1) is 13.0. The molecule has 0 spiro atoms. The molecule has 6 nitrogen and oxygen atoms in total. The van der Waals surface area contributed by atoms with Gasteiger partial charge < -0.3 is 10.4 Å². The summed E-state index contributed by atoms with van der Waals surface area (Å²) in [4.78, 5) is 14.6. The molecular weight excluding hydrogens is 251 g/mol. The van der Waals surface area contributed by atoms with Crippen molar-refractivity contribution in [2.75, 3.05) is 11.9 Å². The molecule has 0 radical (unpaired) electrons. The topological polar surface area (TPSA) is 80.0 Å². The van der Waals surface area contributed by atoms with Gasteiger partial charge in [0, 0.05) is 26.0 Å². The zero-order valence-corrected chi connectivity index (χ0v) is 10.3. The highest BCUT2D eigenvalue weighted by molar-refractivity contribution is 5.88. The van der Waals surface area contributed by atoms with E-state index in [1.54, 1.807) is 10.9 Å². The molecule has 0 aliphatic rings. The number of carbonyl (C=O) groups is 1. The van der Waals surface area contributed by atoms with E-state index >= 15 is 0 Å². The molecule has 2 aromatic heterocycles. The number of aromatic nitrogens is 3. The van der Waals surface area contributed by atoms with Gasteiger partial charge in [0.1, 0.15) is 5.56 Å². The third kappa shape index (κ3) is 3.06. The number of nitrogens with zero attached hydrogens (tertiary/aromatic N) is 3. The third-order valence-corrected chi connectivity index (χ3v) is 2.58. The van der Waals surface area contributed by atoms with E-state index in [1.165, 1.54) is 6.20 Å². The highest BCUT2D eigenvalue weighted by Gasteiger charge is 2.14. The molecule has 2 heterocycles. The van der Waals surface area contributed by atoms with Crippen LogP contribution in [0.5, 0.6) is 0 Å². The van der Waals surface area contributed by atoms with E-state index in [4.69, 9.17) is 5.11 Å². The van der Waals surface area contributed by atoms with Gasteiger partial charge in [-0.15, -0.1) is 0 Å². The number of rotatable bonds is 5. The number of hydrogen-bond donors (Lipinski definition) is 2. The van der Waals surface area contributed by atoms with Crippen molar-refractivity contribution in [3.8, 4) is 0 Å². The molecule has 2 rings (SSSR count). The molecule has 19 heavy (non-hydrogen) atoms. The summed E-state index contributed by atoms with van der Waals surface area (Å²) in [7, 11) is 1.81. The molecule has 7 heteroatoms. The fourth-order valence-corrected chi connectivity index (χ4v) is 1.66. The largest absolute Gasteiger partial charge is 0.478 e. The number of aryl methyl sites for hydroxylation is 1. The van der Waals surface area contributed by atoms with Gasteiger partial charge in [-0.3, -0.25) is 4.68 Å². The maximum Gasteiger partial charge on any atom is 0.338 e. The molecule has 0 aliphatic heterocycles. The summed E-state index contributed by atoms with van der Waals surface area (Å²) >= 11 is 0.